The minimum Gasteiger partial charge on any atom is -0.490 e. The summed E-state index contributed by atoms with van der Waals surface area (Å²) in [5.74, 6) is 1.40. The monoisotopic (exact) mass is 234 g/mol. The zero-order valence-electron chi connectivity index (χ0n) is 10.4. The number of carbonyl (C=O) groups excluding carboxylic acids is 1. The summed E-state index contributed by atoms with van der Waals surface area (Å²) in [7, 11) is 0. The van der Waals surface area contributed by atoms with Gasteiger partial charge in [0, 0.05) is 5.56 Å². The number of ether oxygens (including phenoxy) is 2. The van der Waals surface area contributed by atoms with Crippen molar-refractivity contribution in [1.82, 2.24) is 0 Å². The van der Waals surface area contributed by atoms with Gasteiger partial charge < -0.3 is 9.47 Å². The number of hydrogen-bond acceptors (Lipinski definition) is 3. The quantitative estimate of drug-likeness (QED) is 0.735. The predicted molar refractivity (Wildman–Crippen MR) is 66.2 cm³/mol. The summed E-state index contributed by atoms with van der Waals surface area (Å²) in [6.07, 6.45) is 4.03. The Balaban J connectivity index is 2.56. The standard InChI is InChI=1S/C14H18O3/c1-3-16-13-11(9-15)8-10-6-5-7-12(10)14(13)17-4-2/h8-9H,3-7H2,1-2H3. The molecule has 1 aromatic carbocycles. The molecule has 0 bridgehead atoms. The lowest BCUT2D eigenvalue weighted by molar-refractivity contribution is 0.111. The maximum absolute atomic E-state index is 11.1. The van der Waals surface area contributed by atoms with Gasteiger partial charge in [-0.3, -0.25) is 4.79 Å². The first-order valence-electron chi connectivity index (χ1n) is 6.21. The predicted octanol–water partition coefficient (Wildman–Crippen LogP) is 2.79. The number of aryl methyl sites for hydroxylation is 1. The first-order valence-corrected chi connectivity index (χ1v) is 6.21. The largest absolute Gasteiger partial charge is 0.490 e. The molecule has 0 unspecified atom stereocenters. The van der Waals surface area contributed by atoms with Gasteiger partial charge in [-0.1, -0.05) is 0 Å². The summed E-state index contributed by atoms with van der Waals surface area (Å²) in [4.78, 5) is 11.1. The molecule has 3 heteroatoms. The number of carbonyl (C=O) groups is 1. The molecule has 0 amide bonds. The molecule has 0 aromatic heterocycles. The fourth-order valence-electron chi connectivity index (χ4n) is 2.38. The SMILES string of the molecule is CCOc1c(C=O)cc2c(c1OCC)CCC2. The summed E-state index contributed by atoms with van der Waals surface area (Å²) in [5, 5.41) is 0. The maximum Gasteiger partial charge on any atom is 0.171 e. The van der Waals surface area contributed by atoms with Crippen LogP contribution in [0.1, 0.15) is 41.8 Å². The van der Waals surface area contributed by atoms with Crippen LogP contribution in [0.4, 0.5) is 0 Å². The van der Waals surface area contributed by atoms with Crippen LogP contribution in [-0.2, 0) is 12.8 Å². The Labute approximate surface area is 102 Å². The number of fused-ring (bicyclic) bond motifs is 1. The van der Waals surface area contributed by atoms with Crippen LogP contribution in [0.3, 0.4) is 0 Å². The third kappa shape index (κ3) is 2.14. The van der Waals surface area contributed by atoms with Crippen LogP contribution >= 0.6 is 0 Å². The highest BCUT2D eigenvalue weighted by molar-refractivity contribution is 5.83. The van der Waals surface area contributed by atoms with E-state index in [0.717, 1.165) is 31.3 Å². The van der Waals surface area contributed by atoms with Gasteiger partial charge in [0.2, 0.25) is 0 Å². The van der Waals surface area contributed by atoms with Crippen molar-refractivity contribution in [3.05, 3.63) is 22.8 Å². The average molecular weight is 234 g/mol. The summed E-state index contributed by atoms with van der Waals surface area (Å²) >= 11 is 0. The lowest BCUT2D eigenvalue weighted by Crippen LogP contribution is -2.05. The van der Waals surface area contributed by atoms with E-state index in [1.165, 1.54) is 11.1 Å². The molecule has 1 aliphatic rings. The van der Waals surface area contributed by atoms with E-state index in [4.69, 9.17) is 9.47 Å². The topological polar surface area (TPSA) is 35.5 Å². The van der Waals surface area contributed by atoms with Crippen LogP contribution in [0.25, 0.3) is 0 Å². The van der Waals surface area contributed by atoms with Gasteiger partial charge in [-0.15, -0.1) is 0 Å². The molecule has 92 valence electrons. The van der Waals surface area contributed by atoms with Crippen molar-refractivity contribution in [1.29, 1.82) is 0 Å². The van der Waals surface area contributed by atoms with E-state index in [1.807, 2.05) is 19.9 Å². The Kier molecular flexibility index (Phi) is 3.67. The summed E-state index contributed by atoms with van der Waals surface area (Å²) in [5.41, 5.74) is 3.07. The highest BCUT2D eigenvalue weighted by Crippen LogP contribution is 2.41. The van der Waals surface area contributed by atoms with Gasteiger partial charge in [0.15, 0.2) is 17.8 Å². The highest BCUT2D eigenvalue weighted by atomic mass is 16.5. The first kappa shape index (κ1) is 12.0. The maximum atomic E-state index is 11.1. The molecule has 0 saturated carbocycles. The van der Waals surface area contributed by atoms with Crippen molar-refractivity contribution in [2.45, 2.75) is 33.1 Å². The van der Waals surface area contributed by atoms with Gasteiger partial charge in [0.25, 0.3) is 0 Å². The molecule has 0 atom stereocenters. The Morgan fingerprint density at radius 2 is 1.88 bits per heavy atom. The summed E-state index contributed by atoms with van der Waals surface area (Å²) < 4.78 is 11.3. The molecule has 0 aliphatic heterocycles. The van der Waals surface area contributed by atoms with Gasteiger partial charge >= 0.3 is 0 Å². The lowest BCUT2D eigenvalue weighted by atomic mass is 10.0. The zero-order chi connectivity index (χ0) is 12.3. The highest BCUT2D eigenvalue weighted by Gasteiger charge is 2.23. The molecule has 0 radical (unpaired) electrons. The van der Waals surface area contributed by atoms with Gasteiger partial charge in [0.1, 0.15) is 0 Å². The van der Waals surface area contributed by atoms with E-state index < -0.39 is 0 Å². The summed E-state index contributed by atoms with van der Waals surface area (Å²) in [6.45, 7) is 5.00. The number of rotatable bonds is 5. The molecule has 1 aromatic rings. The van der Waals surface area contributed by atoms with E-state index in [9.17, 15) is 4.79 Å². The van der Waals surface area contributed by atoms with E-state index in [-0.39, 0.29) is 0 Å². The second-order valence-corrected chi connectivity index (χ2v) is 4.10. The minimum absolute atomic E-state index is 0.541. The van der Waals surface area contributed by atoms with Crippen LogP contribution in [0.15, 0.2) is 6.07 Å². The van der Waals surface area contributed by atoms with Crippen LogP contribution < -0.4 is 9.47 Å². The number of benzene rings is 1. The molecule has 2 rings (SSSR count). The van der Waals surface area contributed by atoms with Crippen LogP contribution in [0.5, 0.6) is 11.5 Å². The third-order valence-electron chi connectivity index (χ3n) is 3.04. The van der Waals surface area contributed by atoms with Crippen molar-refractivity contribution >= 4 is 6.29 Å². The Morgan fingerprint density at radius 3 is 2.53 bits per heavy atom. The molecule has 0 spiro atoms. The fraction of sp³-hybridized carbons (Fsp3) is 0.500. The minimum atomic E-state index is 0.541. The van der Waals surface area contributed by atoms with E-state index >= 15 is 0 Å². The van der Waals surface area contributed by atoms with Gasteiger partial charge in [-0.05, 0) is 44.7 Å². The van der Waals surface area contributed by atoms with Crippen molar-refractivity contribution < 1.29 is 14.3 Å². The molecular weight excluding hydrogens is 216 g/mol. The van der Waals surface area contributed by atoms with Gasteiger partial charge in [0.05, 0.1) is 18.8 Å². The third-order valence-corrected chi connectivity index (χ3v) is 3.04. The first-order chi connectivity index (χ1) is 8.31. The summed E-state index contributed by atoms with van der Waals surface area (Å²) in [6, 6.07) is 1.95. The van der Waals surface area contributed by atoms with Gasteiger partial charge in [-0.2, -0.15) is 0 Å². The second-order valence-electron chi connectivity index (χ2n) is 4.10. The molecule has 3 nitrogen and oxygen atoms in total. The fourth-order valence-corrected chi connectivity index (χ4v) is 2.38. The van der Waals surface area contributed by atoms with E-state index in [0.29, 0.717) is 24.5 Å². The van der Waals surface area contributed by atoms with Crippen molar-refractivity contribution in [3.63, 3.8) is 0 Å². The van der Waals surface area contributed by atoms with Crippen LogP contribution in [0.2, 0.25) is 0 Å². The Hall–Kier alpha value is -1.51. The Morgan fingerprint density at radius 1 is 1.18 bits per heavy atom. The van der Waals surface area contributed by atoms with E-state index in [2.05, 4.69) is 0 Å². The molecule has 1 aliphatic carbocycles. The van der Waals surface area contributed by atoms with Crippen molar-refractivity contribution in [3.8, 4) is 11.5 Å². The zero-order valence-corrected chi connectivity index (χ0v) is 10.4. The van der Waals surface area contributed by atoms with Crippen molar-refractivity contribution in [2.24, 2.45) is 0 Å². The molecule has 0 N–H and O–H groups in total. The molecular formula is C14H18O3. The second kappa shape index (κ2) is 5.21. The molecule has 17 heavy (non-hydrogen) atoms. The average Bonchev–Trinajstić information content (AvgIpc) is 2.79. The van der Waals surface area contributed by atoms with Crippen LogP contribution in [0, 0.1) is 0 Å². The normalized spacial score (nSPS) is 13.3. The number of hydrogen-bond donors (Lipinski definition) is 0. The van der Waals surface area contributed by atoms with Gasteiger partial charge in [-0.25, -0.2) is 0 Å². The molecule has 0 fully saturated rings. The molecule has 0 saturated heterocycles. The van der Waals surface area contributed by atoms with E-state index in [1.54, 1.807) is 0 Å². The smallest absolute Gasteiger partial charge is 0.171 e. The Bertz CT molecular complexity index is 424. The lowest BCUT2D eigenvalue weighted by Gasteiger charge is -2.16. The number of aldehydes is 1. The van der Waals surface area contributed by atoms with Crippen LogP contribution in [-0.4, -0.2) is 19.5 Å². The molecule has 0 heterocycles. The van der Waals surface area contributed by atoms with Crippen molar-refractivity contribution in [2.75, 3.05) is 13.2 Å².